The Morgan fingerprint density at radius 2 is 1.96 bits per heavy atom. The lowest BCUT2D eigenvalue weighted by Crippen LogP contribution is -2.46. The van der Waals surface area contributed by atoms with Crippen LogP contribution in [0, 0.1) is 6.92 Å². The number of aryl methyl sites for hydroxylation is 2. The van der Waals surface area contributed by atoms with Crippen molar-refractivity contribution in [1.82, 2.24) is 25.1 Å². The maximum atomic E-state index is 5.42. The third kappa shape index (κ3) is 3.97. The molecule has 0 bridgehead atoms. The second kappa shape index (κ2) is 7.23. The lowest BCUT2D eigenvalue weighted by molar-refractivity contribution is 0.0833. The van der Waals surface area contributed by atoms with Gasteiger partial charge in [-0.1, -0.05) is 17.2 Å². The molecule has 1 unspecified atom stereocenters. The second-order valence-electron chi connectivity index (χ2n) is 6.22. The van der Waals surface area contributed by atoms with Crippen LogP contribution in [0.15, 0.2) is 15.1 Å². The maximum absolute atomic E-state index is 5.42. The molecule has 7 heteroatoms. The fourth-order valence-electron chi connectivity index (χ4n) is 2.95. The van der Waals surface area contributed by atoms with E-state index in [9.17, 15) is 0 Å². The van der Waals surface area contributed by atoms with Crippen LogP contribution in [0.2, 0.25) is 0 Å². The molecule has 0 aliphatic carbocycles. The molecule has 1 aliphatic rings. The van der Waals surface area contributed by atoms with Gasteiger partial charge in [0, 0.05) is 45.2 Å². The summed E-state index contributed by atoms with van der Waals surface area (Å²) in [7, 11) is 0. The Hall–Kier alpha value is -1.73. The van der Waals surface area contributed by atoms with Gasteiger partial charge < -0.3 is 9.05 Å². The summed E-state index contributed by atoms with van der Waals surface area (Å²) in [5.41, 5.74) is 1.00. The Balaban J connectivity index is 1.51. The Kier molecular flexibility index (Phi) is 5.07. The van der Waals surface area contributed by atoms with Crippen LogP contribution < -0.4 is 0 Å². The molecule has 1 aliphatic heterocycles. The first-order chi connectivity index (χ1) is 11.2. The van der Waals surface area contributed by atoms with Crippen molar-refractivity contribution < 1.29 is 9.05 Å². The van der Waals surface area contributed by atoms with Crippen molar-refractivity contribution in [3.63, 3.8) is 0 Å². The van der Waals surface area contributed by atoms with E-state index in [1.54, 1.807) is 0 Å². The summed E-state index contributed by atoms with van der Waals surface area (Å²) in [4.78, 5) is 9.31. The average molecular weight is 319 g/mol. The third-order valence-electron chi connectivity index (χ3n) is 4.33. The van der Waals surface area contributed by atoms with Gasteiger partial charge in [0.05, 0.1) is 11.7 Å². The van der Waals surface area contributed by atoms with Crippen molar-refractivity contribution in [2.45, 2.75) is 46.2 Å². The molecule has 0 saturated carbocycles. The topological polar surface area (TPSA) is 71.4 Å². The summed E-state index contributed by atoms with van der Waals surface area (Å²) in [5, 5.41) is 8.12. The molecule has 2 aromatic heterocycles. The third-order valence-corrected chi connectivity index (χ3v) is 4.33. The molecule has 3 rings (SSSR count). The molecule has 3 heterocycles. The van der Waals surface area contributed by atoms with E-state index < -0.39 is 0 Å². The van der Waals surface area contributed by atoms with Gasteiger partial charge in [-0.25, -0.2) is 0 Å². The van der Waals surface area contributed by atoms with Gasteiger partial charge in [0.25, 0.3) is 0 Å². The fraction of sp³-hybridized carbons (Fsp3) is 0.688. The molecule has 0 N–H and O–H groups in total. The predicted octanol–water partition coefficient (Wildman–Crippen LogP) is 2.20. The molecule has 1 fully saturated rings. The zero-order valence-corrected chi connectivity index (χ0v) is 14.2. The number of hydrogen-bond donors (Lipinski definition) is 0. The zero-order valence-electron chi connectivity index (χ0n) is 14.2. The van der Waals surface area contributed by atoms with E-state index in [1.165, 1.54) is 0 Å². The highest BCUT2D eigenvalue weighted by Gasteiger charge is 2.26. The molecule has 0 amide bonds. The van der Waals surface area contributed by atoms with Gasteiger partial charge in [-0.15, -0.1) is 0 Å². The van der Waals surface area contributed by atoms with Crippen molar-refractivity contribution in [3.05, 3.63) is 29.2 Å². The largest absolute Gasteiger partial charge is 0.361 e. The lowest BCUT2D eigenvalue weighted by Gasteiger charge is -2.36. The quantitative estimate of drug-likeness (QED) is 0.808. The Morgan fingerprint density at radius 3 is 2.61 bits per heavy atom. The van der Waals surface area contributed by atoms with Crippen LogP contribution in [0.1, 0.15) is 49.5 Å². The first-order valence-corrected chi connectivity index (χ1v) is 8.36. The van der Waals surface area contributed by atoms with Crippen molar-refractivity contribution in [2.75, 3.05) is 26.2 Å². The van der Waals surface area contributed by atoms with Crippen LogP contribution in [0.5, 0.6) is 0 Å². The van der Waals surface area contributed by atoms with E-state index in [2.05, 4.69) is 38.9 Å². The summed E-state index contributed by atoms with van der Waals surface area (Å²) in [6.45, 7) is 11.0. The standard InChI is InChI=1S/C16H25N5O2/c1-4-5-15-17-16(23-19-15)13(3)21-8-6-20(7-9-21)11-14-10-12(2)22-18-14/h10,13H,4-9,11H2,1-3H3. The number of hydrogen-bond acceptors (Lipinski definition) is 7. The van der Waals surface area contributed by atoms with Crippen LogP contribution in [0.25, 0.3) is 0 Å². The lowest BCUT2D eigenvalue weighted by atomic mass is 10.2. The number of nitrogens with zero attached hydrogens (tertiary/aromatic N) is 5. The summed E-state index contributed by atoms with van der Waals surface area (Å²) in [6.07, 6.45) is 1.91. The van der Waals surface area contributed by atoms with Crippen molar-refractivity contribution in [3.8, 4) is 0 Å². The number of aromatic nitrogens is 3. The highest BCUT2D eigenvalue weighted by molar-refractivity contribution is 5.03. The second-order valence-corrected chi connectivity index (χ2v) is 6.22. The Labute approximate surface area is 136 Å². The van der Waals surface area contributed by atoms with Crippen LogP contribution >= 0.6 is 0 Å². The first-order valence-electron chi connectivity index (χ1n) is 8.36. The first kappa shape index (κ1) is 16.1. The summed E-state index contributed by atoms with van der Waals surface area (Å²) >= 11 is 0. The minimum Gasteiger partial charge on any atom is -0.361 e. The number of rotatable bonds is 6. The van der Waals surface area contributed by atoms with Crippen molar-refractivity contribution in [2.24, 2.45) is 0 Å². The van der Waals surface area contributed by atoms with E-state index in [-0.39, 0.29) is 6.04 Å². The van der Waals surface area contributed by atoms with Crippen LogP contribution in [0.3, 0.4) is 0 Å². The molecule has 0 spiro atoms. The van der Waals surface area contributed by atoms with E-state index in [1.807, 2.05) is 13.0 Å². The van der Waals surface area contributed by atoms with E-state index in [0.29, 0.717) is 0 Å². The van der Waals surface area contributed by atoms with Gasteiger partial charge in [-0.2, -0.15) is 4.98 Å². The number of piperazine rings is 1. The van der Waals surface area contributed by atoms with Gasteiger partial charge in [-0.05, 0) is 20.3 Å². The molecule has 1 saturated heterocycles. The molecular formula is C16H25N5O2. The molecule has 1 atom stereocenters. The zero-order chi connectivity index (χ0) is 16.2. The predicted molar refractivity (Wildman–Crippen MR) is 84.8 cm³/mol. The average Bonchev–Trinajstić information content (AvgIpc) is 3.17. The summed E-state index contributed by atoms with van der Waals surface area (Å²) in [6, 6.07) is 2.17. The smallest absolute Gasteiger partial charge is 0.243 e. The Morgan fingerprint density at radius 1 is 1.17 bits per heavy atom. The molecule has 7 nitrogen and oxygen atoms in total. The van der Waals surface area contributed by atoms with Gasteiger partial charge in [-0.3, -0.25) is 9.80 Å². The van der Waals surface area contributed by atoms with Gasteiger partial charge in [0.2, 0.25) is 5.89 Å². The molecule has 126 valence electrons. The SMILES string of the molecule is CCCc1noc(C(C)N2CCN(Cc3cc(C)on3)CC2)n1. The molecule has 0 aromatic carbocycles. The normalized spacial score (nSPS) is 18.4. The fourth-order valence-corrected chi connectivity index (χ4v) is 2.95. The van der Waals surface area contributed by atoms with Gasteiger partial charge in [0.1, 0.15) is 5.76 Å². The van der Waals surface area contributed by atoms with Gasteiger partial charge in [0.15, 0.2) is 5.82 Å². The van der Waals surface area contributed by atoms with Crippen LogP contribution in [-0.2, 0) is 13.0 Å². The summed E-state index contributed by atoms with van der Waals surface area (Å²) < 4.78 is 10.5. The maximum Gasteiger partial charge on any atom is 0.243 e. The molecule has 0 radical (unpaired) electrons. The van der Waals surface area contributed by atoms with E-state index >= 15 is 0 Å². The van der Waals surface area contributed by atoms with Crippen LogP contribution in [0.4, 0.5) is 0 Å². The van der Waals surface area contributed by atoms with Gasteiger partial charge >= 0.3 is 0 Å². The van der Waals surface area contributed by atoms with Crippen molar-refractivity contribution >= 4 is 0 Å². The minimum atomic E-state index is 0.171. The summed E-state index contributed by atoms with van der Waals surface area (Å²) in [5.74, 6) is 2.41. The van der Waals surface area contributed by atoms with Crippen molar-refractivity contribution in [1.29, 1.82) is 0 Å². The van der Waals surface area contributed by atoms with E-state index in [0.717, 1.165) is 68.7 Å². The minimum absolute atomic E-state index is 0.171. The molecule has 23 heavy (non-hydrogen) atoms. The molecule has 2 aromatic rings. The highest BCUT2D eigenvalue weighted by atomic mass is 16.5. The highest BCUT2D eigenvalue weighted by Crippen LogP contribution is 2.21. The van der Waals surface area contributed by atoms with Crippen LogP contribution in [-0.4, -0.2) is 51.3 Å². The monoisotopic (exact) mass is 319 g/mol. The molecular weight excluding hydrogens is 294 g/mol. The Bertz CT molecular complexity index is 616. The van der Waals surface area contributed by atoms with E-state index in [4.69, 9.17) is 9.05 Å².